The van der Waals surface area contributed by atoms with Crippen molar-refractivity contribution >= 4 is 8.32 Å². The van der Waals surface area contributed by atoms with Crippen LogP contribution in [0.4, 0.5) is 0 Å². The van der Waals surface area contributed by atoms with Gasteiger partial charge in [-0.05, 0) is 23.0 Å². The summed E-state index contributed by atoms with van der Waals surface area (Å²) in [6, 6.07) is 0. The van der Waals surface area contributed by atoms with Crippen LogP contribution in [0.5, 0.6) is 0 Å². The van der Waals surface area contributed by atoms with Crippen LogP contribution in [0.1, 0.15) is 48.0 Å². The molecule has 1 N–H and O–H groups in total. The molecule has 0 saturated heterocycles. The molecular formula is C14H30O2Si. The Morgan fingerprint density at radius 3 is 1.76 bits per heavy atom. The van der Waals surface area contributed by atoms with E-state index in [1.54, 1.807) is 6.08 Å². The molecule has 0 aromatic heterocycles. The zero-order valence-corrected chi connectivity index (χ0v) is 13.4. The molecule has 0 aliphatic carbocycles. The van der Waals surface area contributed by atoms with Gasteiger partial charge in [-0.1, -0.05) is 47.6 Å². The number of aliphatic hydroxyl groups is 1. The summed E-state index contributed by atoms with van der Waals surface area (Å²) in [6.45, 7) is 17.6. The molecule has 0 radical (unpaired) electrons. The van der Waals surface area contributed by atoms with E-state index in [4.69, 9.17) is 4.43 Å². The van der Waals surface area contributed by atoms with Crippen LogP contribution >= 0.6 is 0 Å². The van der Waals surface area contributed by atoms with E-state index >= 15 is 0 Å². The Balaban J connectivity index is 4.75. The van der Waals surface area contributed by atoms with Crippen LogP contribution in [-0.4, -0.2) is 26.1 Å². The summed E-state index contributed by atoms with van der Waals surface area (Å²) in [7, 11) is -1.81. The molecule has 0 fully saturated rings. The van der Waals surface area contributed by atoms with Crippen molar-refractivity contribution in [2.24, 2.45) is 0 Å². The monoisotopic (exact) mass is 258 g/mol. The molecule has 0 aromatic rings. The zero-order valence-electron chi connectivity index (χ0n) is 12.4. The summed E-state index contributed by atoms with van der Waals surface area (Å²) in [5.41, 5.74) is 1.70. The molecule has 0 spiro atoms. The van der Waals surface area contributed by atoms with Gasteiger partial charge in [-0.15, -0.1) is 6.58 Å². The molecule has 0 aromatic carbocycles. The van der Waals surface area contributed by atoms with Crippen molar-refractivity contribution in [3.63, 3.8) is 0 Å². The third-order valence-electron chi connectivity index (χ3n) is 3.67. The maximum Gasteiger partial charge on any atom is 0.200 e. The molecule has 17 heavy (non-hydrogen) atoms. The molecular weight excluding hydrogens is 228 g/mol. The first-order chi connectivity index (χ1) is 7.78. The summed E-state index contributed by atoms with van der Waals surface area (Å²) >= 11 is 0. The molecule has 0 bridgehead atoms. The van der Waals surface area contributed by atoms with Crippen LogP contribution in [0.25, 0.3) is 0 Å². The third kappa shape index (κ3) is 4.23. The fourth-order valence-corrected chi connectivity index (χ4v) is 8.48. The standard InChI is InChI=1S/C14H30O2Si/c1-8-9-14(15)10-16-17(11(2)3,12(4)5)13(6)7/h8,11-15H,1,9-10H2,2-7H3. The topological polar surface area (TPSA) is 29.5 Å². The first-order valence-electron chi connectivity index (χ1n) is 6.71. The minimum atomic E-state index is -1.81. The predicted molar refractivity (Wildman–Crippen MR) is 77.8 cm³/mol. The first kappa shape index (κ1) is 16.9. The van der Waals surface area contributed by atoms with Gasteiger partial charge >= 0.3 is 0 Å². The maximum atomic E-state index is 9.78. The largest absolute Gasteiger partial charge is 0.413 e. The van der Waals surface area contributed by atoms with Crippen molar-refractivity contribution in [2.45, 2.75) is 70.7 Å². The second kappa shape index (κ2) is 7.34. The van der Waals surface area contributed by atoms with E-state index in [1.807, 2.05) is 0 Å². The molecule has 0 rings (SSSR count). The van der Waals surface area contributed by atoms with E-state index in [-0.39, 0.29) is 0 Å². The maximum absolute atomic E-state index is 9.78. The molecule has 102 valence electrons. The van der Waals surface area contributed by atoms with E-state index < -0.39 is 14.4 Å². The zero-order chi connectivity index (χ0) is 13.6. The Hall–Kier alpha value is -0.123. The average molecular weight is 258 g/mol. The lowest BCUT2D eigenvalue weighted by Gasteiger charge is -2.42. The molecule has 1 unspecified atom stereocenters. The summed E-state index contributed by atoms with van der Waals surface area (Å²) in [6.07, 6.45) is 1.95. The summed E-state index contributed by atoms with van der Waals surface area (Å²) in [4.78, 5) is 0. The fraction of sp³-hybridized carbons (Fsp3) is 0.857. The van der Waals surface area contributed by atoms with Gasteiger partial charge in [-0.3, -0.25) is 0 Å². The SMILES string of the molecule is C=CCC(O)CO[Si](C(C)C)(C(C)C)C(C)C. The number of hydrogen-bond donors (Lipinski definition) is 1. The van der Waals surface area contributed by atoms with Crippen molar-refractivity contribution in [1.82, 2.24) is 0 Å². The van der Waals surface area contributed by atoms with Gasteiger partial charge < -0.3 is 9.53 Å². The average Bonchev–Trinajstić information content (AvgIpc) is 2.17. The van der Waals surface area contributed by atoms with Gasteiger partial charge in [0, 0.05) is 0 Å². The Morgan fingerprint density at radius 2 is 1.47 bits per heavy atom. The van der Waals surface area contributed by atoms with Crippen LogP contribution in [0.15, 0.2) is 12.7 Å². The number of hydrogen-bond acceptors (Lipinski definition) is 2. The lowest BCUT2D eigenvalue weighted by Crippen LogP contribution is -2.49. The lowest BCUT2D eigenvalue weighted by molar-refractivity contribution is 0.0997. The predicted octanol–water partition coefficient (Wildman–Crippen LogP) is 4.12. The van der Waals surface area contributed by atoms with Crippen LogP contribution < -0.4 is 0 Å². The molecule has 0 saturated carbocycles. The van der Waals surface area contributed by atoms with E-state index in [1.165, 1.54) is 0 Å². The Morgan fingerprint density at radius 1 is 1.06 bits per heavy atom. The van der Waals surface area contributed by atoms with Gasteiger partial charge in [0.05, 0.1) is 12.7 Å². The molecule has 2 nitrogen and oxygen atoms in total. The molecule has 0 amide bonds. The highest BCUT2D eigenvalue weighted by Crippen LogP contribution is 2.42. The summed E-state index contributed by atoms with van der Waals surface area (Å²) < 4.78 is 6.27. The van der Waals surface area contributed by atoms with Crippen molar-refractivity contribution in [3.8, 4) is 0 Å². The Kier molecular flexibility index (Phi) is 7.29. The van der Waals surface area contributed by atoms with E-state index in [9.17, 15) is 5.11 Å². The van der Waals surface area contributed by atoms with E-state index in [2.05, 4.69) is 48.1 Å². The van der Waals surface area contributed by atoms with Gasteiger partial charge in [0.1, 0.15) is 0 Å². The minimum absolute atomic E-state index is 0.407. The first-order valence-corrected chi connectivity index (χ1v) is 8.85. The van der Waals surface area contributed by atoms with Crippen LogP contribution in [0, 0.1) is 0 Å². The third-order valence-corrected chi connectivity index (χ3v) is 9.75. The molecule has 0 heterocycles. The molecule has 1 atom stereocenters. The van der Waals surface area contributed by atoms with Crippen molar-refractivity contribution in [2.75, 3.05) is 6.61 Å². The summed E-state index contributed by atoms with van der Waals surface area (Å²) in [5, 5.41) is 9.78. The normalized spacial score (nSPS) is 14.7. The Bertz CT molecular complexity index is 202. The second-order valence-corrected chi connectivity index (χ2v) is 11.3. The van der Waals surface area contributed by atoms with E-state index in [0.717, 1.165) is 0 Å². The van der Waals surface area contributed by atoms with Crippen molar-refractivity contribution < 1.29 is 9.53 Å². The van der Waals surface area contributed by atoms with Crippen molar-refractivity contribution in [1.29, 1.82) is 0 Å². The van der Waals surface area contributed by atoms with Gasteiger partial charge in [0.25, 0.3) is 0 Å². The lowest BCUT2D eigenvalue weighted by atomic mass is 10.3. The highest BCUT2D eigenvalue weighted by atomic mass is 28.4. The fourth-order valence-electron chi connectivity index (χ4n) is 3.00. The van der Waals surface area contributed by atoms with Crippen LogP contribution in [0.2, 0.25) is 16.6 Å². The molecule has 3 heteroatoms. The van der Waals surface area contributed by atoms with Crippen molar-refractivity contribution in [3.05, 3.63) is 12.7 Å². The molecule has 0 aliphatic rings. The quantitative estimate of drug-likeness (QED) is 0.524. The summed E-state index contributed by atoms with van der Waals surface area (Å²) in [5.74, 6) is 0. The minimum Gasteiger partial charge on any atom is -0.413 e. The smallest absolute Gasteiger partial charge is 0.200 e. The van der Waals surface area contributed by atoms with Gasteiger partial charge in [-0.2, -0.15) is 0 Å². The van der Waals surface area contributed by atoms with Crippen LogP contribution in [0.3, 0.4) is 0 Å². The van der Waals surface area contributed by atoms with Gasteiger partial charge in [0.2, 0.25) is 0 Å². The number of rotatable bonds is 8. The molecule has 0 aliphatic heterocycles. The second-order valence-electron chi connectivity index (χ2n) is 5.81. The van der Waals surface area contributed by atoms with Gasteiger partial charge in [-0.25, -0.2) is 0 Å². The van der Waals surface area contributed by atoms with Gasteiger partial charge in [0.15, 0.2) is 8.32 Å². The van der Waals surface area contributed by atoms with E-state index in [0.29, 0.717) is 29.7 Å². The highest BCUT2D eigenvalue weighted by Gasteiger charge is 2.45. The van der Waals surface area contributed by atoms with Crippen LogP contribution in [-0.2, 0) is 4.43 Å². The Labute approximate surface area is 108 Å². The number of aliphatic hydroxyl groups excluding tert-OH is 1. The highest BCUT2D eigenvalue weighted by molar-refractivity contribution is 6.77.